The van der Waals surface area contributed by atoms with E-state index in [0.29, 0.717) is 5.75 Å². The molecule has 1 fully saturated rings. The van der Waals surface area contributed by atoms with Crippen molar-refractivity contribution in [1.29, 1.82) is 0 Å². The summed E-state index contributed by atoms with van der Waals surface area (Å²) in [5.41, 5.74) is 1.24. The Labute approximate surface area is 141 Å². The third-order valence-electron chi connectivity index (χ3n) is 4.37. The van der Waals surface area contributed by atoms with E-state index in [9.17, 15) is 9.18 Å². The number of amides is 1. The highest BCUT2D eigenvalue weighted by Gasteiger charge is 2.28. The van der Waals surface area contributed by atoms with E-state index in [1.165, 1.54) is 17.7 Å². The van der Waals surface area contributed by atoms with Gasteiger partial charge in [-0.25, -0.2) is 4.39 Å². The number of aromatic nitrogens is 1. The van der Waals surface area contributed by atoms with Gasteiger partial charge in [-0.2, -0.15) is 0 Å². The summed E-state index contributed by atoms with van der Waals surface area (Å²) in [5, 5.41) is 0. The highest BCUT2D eigenvalue weighted by molar-refractivity contribution is 5.78. The van der Waals surface area contributed by atoms with E-state index >= 15 is 0 Å². The van der Waals surface area contributed by atoms with Crippen LogP contribution in [0.4, 0.5) is 4.39 Å². The minimum Gasteiger partial charge on any atom is -0.484 e. The SMILES string of the molecule is O=C(COc1cccc(F)c1)N1CCC[C@H]1CCc1ccncc1. The first-order valence-corrected chi connectivity index (χ1v) is 8.29. The van der Waals surface area contributed by atoms with Crippen LogP contribution in [0.5, 0.6) is 5.75 Å². The van der Waals surface area contributed by atoms with Crippen LogP contribution in [0.3, 0.4) is 0 Å². The average Bonchev–Trinajstić information content (AvgIpc) is 3.07. The number of carbonyl (C=O) groups excluding carboxylic acids is 1. The average molecular weight is 328 g/mol. The van der Waals surface area contributed by atoms with E-state index in [2.05, 4.69) is 4.98 Å². The lowest BCUT2D eigenvalue weighted by Gasteiger charge is -2.25. The third kappa shape index (κ3) is 4.31. The molecule has 0 aliphatic carbocycles. The van der Waals surface area contributed by atoms with Crippen molar-refractivity contribution in [3.8, 4) is 5.75 Å². The Morgan fingerprint density at radius 2 is 2.12 bits per heavy atom. The number of carbonyl (C=O) groups is 1. The number of nitrogens with zero attached hydrogens (tertiary/aromatic N) is 2. The van der Waals surface area contributed by atoms with Crippen LogP contribution in [-0.2, 0) is 11.2 Å². The van der Waals surface area contributed by atoms with E-state index in [1.807, 2.05) is 17.0 Å². The third-order valence-corrected chi connectivity index (χ3v) is 4.37. The van der Waals surface area contributed by atoms with Crippen molar-refractivity contribution in [3.63, 3.8) is 0 Å². The summed E-state index contributed by atoms with van der Waals surface area (Å²) in [5.74, 6) is -0.0104. The molecule has 0 radical (unpaired) electrons. The molecule has 5 heteroatoms. The molecule has 2 heterocycles. The zero-order valence-corrected chi connectivity index (χ0v) is 13.5. The maximum atomic E-state index is 13.1. The second-order valence-corrected chi connectivity index (χ2v) is 6.02. The molecule has 0 bridgehead atoms. The van der Waals surface area contributed by atoms with E-state index < -0.39 is 0 Å². The standard InChI is InChI=1S/C19H21FN2O2/c20-16-3-1-5-18(13-16)24-14-19(23)22-12-2-4-17(22)7-6-15-8-10-21-11-9-15/h1,3,5,8-11,13,17H,2,4,6-7,12,14H2/t17-/m0/s1. The predicted octanol–water partition coefficient (Wildman–Crippen LogP) is 3.22. The lowest BCUT2D eigenvalue weighted by atomic mass is 10.0. The molecule has 0 unspecified atom stereocenters. The molecule has 4 nitrogen and oxygen atoms in total. The molecule has 0 spiro atoms. The number of halogens is 1. The molecular formula is C19H21FN2O2. The molecule has 1 saturated heterocycles. The van der Waals surface area contributed by atoms with Crippen molar-refractivity contribution in [2.75, 3.05) is 13.2 Å². The van der Waals surface area contributed by atoms with Crippen LogP contribution in [0.1, 0.15) is 24.8 Å². The van der Waals surface area contributed by atoms with Crippen LogP contribution in [0.25, 0.3) is 0 Å². The molecular weight excluding hydrogens is 307 g/mol. The molecule has 24 heavy (non-hydrogen) atoms. The molecule has 1 aliphatic heterocycles. The second-order valence-electron chi connectivity index (χ2n) is 6.02. The molecule has 126 valence electrons. The largest absolute Gasteiger partial charge is 0.484 e. The maximum absolute atomic E-state index is 13.1. The predicted molar refractivity (Wildman–Crippen MR) is 89.2 cm³/mol. The highest BCUT2D eigenvalue weighted by atomic mass is 19.1. The quantitative estimate of drug-likeness (QED) is 0.818. The monoisotopic (exact) mass is 328 g/mol. The number of hydrogen-bond acceptors (Lipinski definition) is 3. The Hall–Kier alpha value is -2.43. The summed E-state index contributed by atoms with van der Waals surface area (Å²) in [6.45, 7) is 0.724. The van der Waals surface area contributed by atoms with Crippen LogP contribution >= 0.6 is 0 Å². The van der Waals surface area contributed by atoms with Gasteiger partial charge in [-0.1, -0.05) is 6.07 Å². The fourth-order valence-electron chi connectivity index (χ4n) is 3.13. The maximum Gasteiger partial charge on any atom is 0.260 e. The van der Waals surface area contributed by atoms with Crippen molar-refractivity contribution in [1.82, 2.24) is 9.88 Å². The van der Waals surface area contributed by atoms with Gasteiger partial charge in [0.2, 0.25) is 0 Å². The minimum atomic E-state index is -0.364. The van der Waals surface area contributed by atoms with Gasteiger partial charge in [0.1, 0.15) is 11.6 Å². The Kier molecular flexibility index (Phi) is 5.41. The zero-order chi connectivity index (χ0) is 16.8. The van der Waals surface area contributed by atoms with Crippen molar-refractivity contribution < 1.29 is 13.9 Å². The Morgan fingerprint density at radius 3 is 2.92 bits per heavy atom. The molecule has 1 amide bonds. The summed E-state index contributed by atoms with van der Waals surface area (Å²) in [6, 6.07) is 10.1. The lowest BCUT2D eigenvalue weighted by molar-refractivity contribution is -0.134. The number of hydrogen-bond donors (Lipinski definition) is 0. The summed E-state index contributed by atoms with van der Waals surface area (Å²) in [7, 11) is 0. The molecule has 1 aromatic heterocycles. The fourth-order valence-corrected chi connectivity index (χ4v) is 3.13. The van der Waals surface area contributed by atoms with Crippen molar-refractivity contribution >= 4 is 5.91 Å². The van der Waals surface area contributed by atoms with Crippen LogP contribution < -0.4 is 4.74 Å². The number of ether oxygens (including phenoxy) is 1. The summed E-state index contributed by atoms with van der Waals surface area (Å²) in [6.07, 6.45) is 7.50. The Balaban J connectivity index is 1.51. The first-order valence-electron chi connectivity index (χ1n) is 8.29. The Bertz CT molecular complexity index is 678. The first kappa shape index (κ1) is 16.4. The van der Waals surface area contributed by atoms with Crippen LogP contribution in [0.15, 0.2) is 48.8 Å². The highest BCUT2D eigenvalue weighted by Crippen LogP contribution is 2.22. The molecule has 3 rings (SSSR count). The number of aryl methyl sites for hydroxylation is 1. The van der Waals surface area contributed by atoms with E-state index in [4.69, 9.17) is 4.74 Å². The number of pyridine rings is 1. The second kappa shape index (κ2) is 7.90. The fraction of sp³-hybridized carbons (Fsp3) is 0.368. The smallest absolute Gasteiger partial charge is 0.260 e. The van der Waals surface area contributed by atoms with Gasteiger partial charge in [-0.05, 0) is 55.5 Å². The van der Waals surface area contributed by atoms with Crippen molar-refractivity contribution in [3.05, 3.63) is 60.2 Å². The normalized spacial score (nSPS) is 17.0. The molecule has 0 saturated carbocycles. The summed E-state index contributed by atoms with van der Waals surface area (Å²) < 4.78 is 18.6. The van der Waals surface area contributed by atoms with Gasteiger partial charge in [0, 0.05) is 31.0 Å². The van der Waals surface area contributed by atoms with Crippen molar-refractivity contribution in [2.45, 2.75) is 31.7 Å². The first-order chi connectivity index (χ1) is 11.7. The van der Waals surface area contributed by atoms with Gasteiger partial charge in [0.25, 0.3) is 5.91 Å². The van der Waals surface area contributed by atoms with Gasteiger partial charge in [0.15, 0.2) is 6.61 Å². The lowest BCUT2D eigenvalue weighted by Crippen LogP contribution is -2.38. The summed E-state index contributed by atoms with van der Waals surface area (Å²) >= 11 is 0. The molecule has 1 atom stereocenters. The van der Waals surface area contributed by atoms with Gasteiger partial charge in [-0.15, -0.1) is 0 Å². The minimum absolute atomic E-state index is 0.0310. The summed E-state index contributed by atoms with van der Waals surface area (Å²) in [4.78, 5) is 18.3. The van der Waals surface area contributed by atoms with Crippen LogP contribution in [0, 0.1) is 5.82 Å². The molecule has 1 aliphatic rings. The number of likely N-dealkylation sites (tertiary alicyclic amines) is 1. The molecule has 0 N–H and O–H groups in total. The molecule has 1 aromatic carbocycles. The number of rotatable bonds is 6. The van der Waals surface area contributed by atoms with E-state index in [-0.39, 0.29) is 24.4 Å². The molecule has 2 aromatic rings. The Morgan fingerprint density at radius 1 is 1.29 bits per heavy atom. The van der Waals surface area contributed by atoms with E-state index in [1.54, 1.807) is 24.5 Å². The van der Waals surface area contributed by atoms with Crippen LogP contribution in [0.2, 0.25) is 0 Å². The van der Waals surface area contributed by atoms with E-state index in [0.717, 1.165) is 32.2 Å². The zero-order valence-electron chi connectivity index (χ0n) is 13.5. The van der Waals surface area contributed by atoms with Crippen LogP contribution in [-0.4, -0.2) is 35.0 Å². The van der Waals surface area contributed by atoms with Gasteiger partial charge in [-0.3, -0.25) is 9.78 Å². The van der Waals surface area contributed by atoms with Gasteiger partial charge < -0.3 is 9.64 Å². The number of benzene rings is 1. The van der Waals surface area contributed by atoms with Gasteiger partial charge in [0.05, 0.1) is 0 Å². The van der Waals surface area contributed by atoms with Gasteiger partial charge >= 0.3 is 0 Å². The van der Waals surface area contributed by atoms with Crippen molar-refractivity contribution in [2.24, 2.45) is 0 Å². The topological polar surface area (TPSA) is 42.4 Å².